The second kappa shape index (κ2) is 8.23. The number of carbonyl (C=O) groups excluding carboxylic acids is 1. The van der Waals surface area contributed by atoms with Crippen molar-refractivity contribution in [2.24, 2.45) is 34.0 Å². The molecule has 0 spiro atoms. The Morgan fingerprint density at radius 3 is 2.48 bits per heavy atom. The first-order chi connectivity index (χ1) is 13.5. The zero-order valence-electron chi connectivity index (χ0n) is 19.9. The van der Waals surface area contributed by atoms with Gasteiger partial charge in [0.2, 0.25) is 0 Å². The molecule has 2 nitrogen and oxygen atoms in total. The molecule has 3 saturated carbocycles. The summed E-state index contributed by atoms with van der Waals surface area (Å²) in [4.78, 5) is 11.0. The van der Waals surface area contributed by atoms with Crippen LogP contribution in [0.1, 0.15) is 99.3 Å². The van der Waals surface area contributed by atoms with Gasteiger partial charge in [0.15, 0.2) is 0 Å². The molecule has 29 heavy (non-hydrogen) atoms. The molecule has 3 aliphatic rings. The number of hydrogen-bond donors (Lipinski definition) is 0. The topological polar surface area (TPSA) is 26.3 Å². The number of hydrogen-bond acceptors (Lipinski definition) is 2. The fourth-order valence-electron chi connectivity index (χ4n) is 8.04. The van der Waals surface area contributed by atoms with Gasteiger partial charge in [-0.15, -0.1) is 0 Å². The Morgan fingerprint density at radius 1 is 1.07 bits per heavy atom. The monoisotopic (exact) mass is 400 g/mol. The third-order valence-electron chi connectivity index (χ3n) is 9.43. The first-order valence-corrected chi connectivity index (χ1v) is 12.0. The van der Waals surface area contributed by atoms with Crippen LogP contribution in [0.5, 0.6) is 0 Å². The molecule has 2 heteroatoms. The van der Waals surface area contributed by atoms with Gasteiger partial charge in [0.05, 0.1) is 0 Å². The molecule has 0 aromatic rings. The molecule has 0 amide bonds. The highest BCUT2D eigenvalue weighted by molar-refractivity contribution is 5.66. The number of ether oxygens (including phenoxy) is 1. The van der Waals surface area contributed by atoms with Crippen molar-refractivity contribution in [3.05, 3.63) is 23.8 Å². The first-order valence-electron chi connectivity index (χ1n) is 12.0. The summed E-state index contributed by atoms with van der Waals surface area (Å²) < 4.78 is 5.09. The molecule has 3 aliphatic carbocycles. The number of esters is 1. The molecule has 0 aromatic heterocycles. The lowest BCUT2D eigenvalue weighted by Crippen LogP contribution is -2.58. The van der Waals surface area contributed by atoms with E-state index in [1.807, 2.05) is 0 Å². The molecule has 0 aliphatic heterocycles. The first kappa shape index (κ1) is 22.6. The molecule has 5 atom stereocenters. The maximum Gasteiger partial charge on any atom is 0.302 e. The van der Waals surface area contributed by atoms with E-state index in [2.05, 4.69) is 47.3 Å². The van der Waals surface area contributed by atoms with Gasteiger partial charge < -0.3 is 4.74 Å². The largest absolute Gasteiger partial charge is 0.462 e. The van der Waals surface area contributed by atoms with Gasteiger partial charge >= 0.3 is 5.97 Å². The fourth-order valence-corrected chi connectivity index (χ4v) is 8.04. The van der Waals surface area contributed by atoms with E-state index in [1.165, 1.54) is 69.4 Å². The lowest BCUT2D eigenvalue weighted by molar-refractivity contribution is -0.153. The van der Waals surface area contributed by atoms with Crippen LogP contribution in [0.4, 0.5) is 0 Å². The van der Waals surface area contributed by atoms with Gasteiger partial charge in [0, 0.05) is 6.92 Å². The molecule has 164 valence electrons. The third kappa shape index (κ3) is 4.23. The van der Waals surface area contributed by atoms with Crippen LogP contribution in [0.15, 0.2) is 23.8 Å². The van der Waals surface area contributed by atoms with E-state index in [-0.39, 0.29) is 5.97 Å². The smallest absolute Gasteiger partial charge is 0.302 e. The Kier molecular flexibility index (Phi) is 6.42. The van der Waals surface area contributed by atoms with Crippen LogP contribution in [-0.4, -0.2) is 12.6 Å². The number of allylic oxidation sites excluding steroid dienone is 2. The van der Waals surface area contributed by atoms with Crippen molar-refractivity contribution in [2.75, 3.05) is 6.61 Å². The zero-order chi connectivity index (χ0) is 21.4. The summed E-state index contributed by atoms with van der Waals surface area (Å²) in [6.45, 7) is 18.9. The van der Waals surface area contributed by atoms with E-state index in [0.717, 1.165) is 18.3 Å². The van der Waals surface area contributed by atoms with Crippen molar-refractivity contribution in [1.82, 2.24) is 0 Å². The molecule has 3 rings (SSSR count). The molecule has 0 radical (unpaired) electrons. The second-order valence-corrected chi connectivity index (χ2v) is 11.6. The van der Waals surface area contributed by atoms with Crippen molar-refractivity contribution in [3.8, 4) is 0 Å². The summed E-state index contributed by atoms with van der Waals surface area (Å²) in [5, 5.41) is 0. The average Bonchev–Trinajstić information content (AvgIpc) is 2.59. The average molecular weight is 401 g/mol. The molecule has 0 bridgehead atoms. The molecule has 0 unspecified atom stereocenters. The maximum atomic E-state index is 11.0. The number of carbonyl (C=O) groups is 1. The lowest BCUT2D eigenvalue weighted by atomic mass is 9.39. The maximum absolute atomic E-state index is 11.0. The van der Waals surface area contributed by atoms with Crippen LogP contribution in [0.25, 0.3) is 0 Å². The van der Waals surface area contributed by atoms with Crippen LogP contribution < -0.4 is 0 Å². The summed E-state index contributed by atoms with van der Waals surface area (Å²) >= 11 is 0. The van der Waals surface area contributed by atoms with E-state index < -0.39 is 0 Å². The molecular formula is C27H44O2. The molecule has 0 saturated heterocycles. The number of rotatable bonds is 5. The van der Waals surface area contributed by atoms with Crippen molar-refractivity contribution >= 4 is 5.97 Å². The minimum atomic E-state index is -0.203. The minimum absolute atomic E-state index is 0.203. The SMILES string of the molecule is C=C1CC[C@H]2[C@@](C)(CC[C@H]3C(C)(C)CCC[C@]23C)[C@@H]1CC/C(C)=C\COC(C)=O. The van der Waals surface area contributed by atoms with Gasteiger partial charge in [-0.05, 0) is 98.4 Å². The zero-order valence-corrected chi connectivity index (χ0v) is 19.9. The van der Waals surface area contributed by atoms with E-state index in [1.54, 1.807) is 0 Å². The Bertz CT molecular complexity index is 672. The molecule has 0 aromatic carbocycles. The summed E-state index contributed by atoms with van der Waals surface area (Å²) in [5.41, 5.74) is 4.21. The predicted octanol–water partition coefficient (Wildman–Crippen LogP) is 7.49. The molecule has 0 N–H and O–H groups in total. The molecule has 0 heterocycles. The van der Waals surface area contributed by atoms with Crippen LogP contribution in [-0.2, 0) is 9.53 Å². The van der Waals surface area contributed by atoms with Crippen LogP contribution in [0.2, 0.25) is 0 Å². The quantitative estimate of drug-likeness (QED) is 0.353. The Labute approximate surface area is 179 Å². The normalized spacial score (nSPS) is 39.4. The predicted molar refractivity (Wildman–Crippen MR) is 122 cm³/mol. The summed E-state index contributed by atoms with van der Waals surface area (Å²) in [6.07, 6.45) is 13.9. The van der Waals surface area contributed by atoms with Crippen molar-refractivity contribution in [3.63, 3.8) is 0 Å². The molecular weight excluding hydrogens is 356 g/mol. The Morgan fingerprint density at radius 2 is 1.79 bits per heavy atom. The summed E-state index contributed by atoms with van der Waals surface area (Å²) in [7, 11) is 0. The van der Waals surface area contributed by atoms with E-state index in [9.17, 15) is 4.79 Å². The van der Waals surface area contributed by atoms with E-state index in [4.69, 9.17) is 4.74 Å². The van der Waals surface area contributed by atoms with Crippen molar-refractivity contribution in [1.29, 1.82) is 0 Å². The van der Waals surface area contributed by atoms with Crippen LogP contribution >= 0.6 is 0 Å². The highest BCUT2D eigenvalue weighted by Crippen LogP contribution is 2.69. The lowest BCUT2D eigenvalue weighted by Gasteiger charge is -2.66. The Balaban J connectivity index is 1.76. The van der Waals surface area contributed by atoms with E-state index in [0.29, 0.717) is 28.8 Å². The fraction of sp³-hybridized carbons (Fsp3) is 0.815. The summed E-state index contributed by atoms with van der Waals surface area (Å²) in [5.74, 6) is 2.12. The van der Waals surface area contributed by atoms with Crippen LogP contribution in [0, 0.1) is 34.0 Å². The highest BCUT2D eigenvalue weighted by atomic mass is 16.5. The highest BCUT2D eigenvalue weighted by Gasteiger charge is 2.60. The van der Waals surface area contributed by atoms with Gasteiger partial charge in [0.25, 0.3) is 0 Å². The van der Waals surface area contributed by atoms with Gasteiger partial charge in [-0.1, -0.05) is 51.8 Å². The Hall–Kier alpha value is -1.05. The van der Waals surface area contributed by atoms with Crippen molar-refractivity contribution < 1.29 is 9.53 Å². The second-order valence-electron chi connectivity index (χ2n) is 11.6. The van der Waals surface area contributed by atoms with Gasteiger partial charge in [-0.2, -0.15) is 0 Å². The minimum Gasteiger partial charge on any atom is -0.462 e. The number of fused-ring (bicyclic) bond motifs is 3. The van der Waals surface area contributed by atoms with Crippen molar-refractivity contribution in [2.45, 2.75) is 99.3 Å². The van der Waals surface area contributed by atoms with Gasteiger partial charge in [-0.25, -0.2) is 0 Å². The standard InChI is InChI=1S/C27H44O2/c1-19(14-18-29-21(3)28)9-11-22-20(2)10-12-24-26(22,6)17-13-23-25(4,5)15-8-16-27(23,24)7/h14,22-24H,2,8-13,15-18H2,1,3-7H3/b19-14-/t22-,23+,24+,26+,27+/m1/s1. The third-order valence-corrected chi connectivity index (χ3v) is 9.43. The van der Waals surface area contributed by atoms with E-state index >= 15 is 0 Å². The van der Waals surface area contributed by atoms with Gasteiger partial charge in [0.1, 0.15) is 6.61 Å². The summed E-state index contributed by atoms with van der Waals surface area (Å²) in [6, 6.07) is 0. The molecule has 3 fully saturated rings. The van der Waals surface area contributed by atoms with Gasteiger partial charge in [-0.3, -0.25) is 4.79 Å². The van der Waals surface area contributed by atoms with Crippen LogP contribution in [0.3, 0.4) is 0 Å².